The largest absolute Gasteiger partial charge is 0.392 e. The molecule has 1 aromatic carbocycles. The molecular formula is C10H15ClN2O3. The van der Waals surface area contributed by atoms with Crippen LogP contribution in [0.2, 0.25) is 0 Å². The second-order valence-corrected chi connectivity index (χ2v) is 3.41. The van der Waals surface area contributed by atoms with Gasteiger partial charge in [-0.3, -0.25) is 10.1 Å². The van der Waals surface area contributed by atoms with Crippen molar-refractivity contribution >= 4 is 18.1 Å². The number of aliphatic hydroxyl groups is 1. The van der Waals surface area contributed by atoms with Gasteiger partial charge in [-0.1, -0.05) is 12.1 Å². The molecule has 0 fully saturated rings. The summed E-state index contributed by atoms with van der Waals surface area (Å²) in [6, 6.07) is 6.44. The van der Waals surface area contributed by atoms with Gasteiger partial charge in [0.1, 0.15) is 0 Å². The molecule has 6 heteroatoms. The second kappa shape index (κ2) is 7.16. The summed E-state index contributed by atoms with van der Waals surface area (Å²) in [6.45, 7) is 2.68. The van der Waals surface area contributed by atoms with E-state index in [2.05, 4.69) is 5.32 Å². The van der Waals surface area contributed by atoms with Crippen molar-refractivity contribution in [3.63, 3.8) is 0 Å². The molecule has 0 saturated carbocycles. The minimum atomic E-state index is -0.418. The molecule has 0 bridgehead atoms. The standard InChI is InChI=1S/C10H14N2O3.ClH/c1-8(13)6-11-7-9-3-2-4-10(5-9)12(14)15;/h2-5,8,11,13H,6-7H2,1H3;1H. The SMILES string of the molecule is CC(O)CNCc1cccc([N+](=O)[O-])c1.Cl. The highest BCUT2D eigenvalue weighted by atomic mass is 35.5. The summed E-state index contributed by atoms with van der Waals surface area (Å²) in [4.78, 5) is 10.1. The number of aliphatic hydroxyl groups excluding tert-OH is 1. The second-order valence-electron chi connectivity index (χ2n) is 3.41. The number of nitrogens with zero attached hydrogens (tertiary/aromatic N) is 1. The van der Waals surface area contributed by atoms with Gasteiger partial charge < -0.3 is 10.4 Å². The Kier molecular flexibility index (Phi) is 6.64. The van der Waals surface area contributed by atoms with Crippen molar-refractivity contribution in [2.75, 3.05) is 6.54 Å². The summed E-state index contributed by atoms with van der Waals surface area (Å²) in [5.74, 6) is 0. The summed E-state index contributed by atoms with van der Waals surface area (Å²) < 4.78 is 0. The van der Waals surface area contributed by atoms with Gasteiger partial charge in [0, 0.05) is 25.2 Å². The highest BCUT2D eigenvalue weighted by molar-refractivity contribution is 5.85. The molecule has 1 aromatic rings. The lowest BCUT2D eigenvalue weighted by Gasteiger charge is -2.06. The van der Waals surface area contributed by atoms with E-state index >= 15 is 0 Å². The zero-order chi connectivity index (χ0) is 11.3. The van der Waals surface area contributed by atoms with E-state index in [-0.39, 0.29) is 18.1 Å². The first-order valence-corrected chi connectivity index (χ1v) is 4.71. The summed E-state index contributed by atoms with van der Waals surface area (Å²) in [5.41, 5.74) is 0.927. The van der Waals surface area contributed by atoms with Crippen LogP contribution in [0.1, 0.15) is 12.5 Å². The lowest BCUT2D eigenvalue weighted by molar-refractivity contribution is -0.384. The Bertz CT molecular complexity index is 345. The van der Waals surface area contributed by atoms with Crippen LogP contribution in [0.3, 0.4) is 0 Å². The van der Waals surface area contributed by atoms with E-state index < -0.39 is 11.0 Å². The molecule has 0 aliphatic heterocycles. The van der Waals surface area contributed by atoms with Crippen molar-refractivity contribution in [3.05, 3.63) is 39.9 Å². The van der Waals surface area contributed by atoms with Gasteiger partial charge in [0.15, 0.2) is 0 Å². The van der Waals surface area contributed by atoms with Crippen molar-refractivity contribution in [3.8, 4) is 0 Å². The Hall–Kier alpha value is -1.17. The summed E-state index contributed by atoms with van der Waals surface area (Å²) in [5, 5.41) is 22.5. The van der Waals surface area contributed by atoms with Crippen LogP contribution >= 0.6 is 12.4 Å². The maximum absolute atomic E-state index is 10.5. The molecule has 0 aliphatic carbocycles. The van der Waals surface area contributed by atoms with Crippen molar-refractivity contribution in [2.45, 2.75) is 19.6 Å². The van der Waals surface area contributed by atoms with Gasteiger partial charge >= 0.3 is 0 Å². The molecule has 0 saturated heterocycles. The quantitative estimate of drug-likeness (QED) is 0.610. The van der Waals surface area contributed by atoms with E-state index in [4.69, 9.17) is 5.11 Å². The van der Waals surface area contributed by atoms with Crippen molar-refractivity contribution in [1.82, 2.24) is 5.32 Å². The fourth-order valence-electron chi connectivity index (χ4n) is 1.21. The first kappa shape index (κ1) is 14.8. The van der Waals surface area contributed by atoms with E-state index in [1.165, 1.54) is 12.1 Å². The number of rotatable bonds is 5. The normalized spacial score (nSPS) is 11.6. The lowest BCUT2D eigenvalue weighted by atomic mass is 10.2. The molecule has 16 heavy (non-hydrogen) atoms. The Morgan fingerprint density at radius 3 is 2.81 bits per heavy atom. The fraction of sp³-hybridized carbons (Fsp3) is 0.400. The smallest absolute Gasteiger partial charge is 0.269 e. The number of benzene rings is 1. The highest BCUT2D eigenvalue weighted by Gasteiger charge is 2.05. The number of nitrogens with one attached hydrogen (secondary N) is 1. The van der Waals surface area contributed by atoms with E-state index in [1.54, 1.807) is 13.0 Å². The average Bonchev–Trinajstić information content (AvgIpc) is 2.17. The molecule has 90 valence electrons. The van der Waals surface area contributed by atoms with E-state index in [0.717, 1.165) is 5.56 Å². The van der Waals surface area contributed by atoms with Gasteiger partial charge in [-0.05, 0) is 12.5 Å². The molecule has 2 N–H and O–H groups in total. The molecule has 0 aromatic heterocycles. The number of hydrogen-bond donors (Lipinski definition) is 2. The van der Waals surface area contributed by atoms with Crippen LogP contribution in [0, 0.1) is 10.1 Å². The van der Waals surface area contributed by atoms with Crippen LogP contribution in [-0.4, -0.2) is 22.7 Å². The summed E-state index contributed by atoms with van der Waals surface area (Å²) in [6.07, 6.45) is -0.413. The number of hydrogen-bond acceptors (Lipinski definition) is 4. The van der Waals surface area contributed by atoms with Gasteiger partial charge in [-0.25, -0.2) is 0 Å². The van der Waals surface area contributed by atoms with Crippen LogP contribution in [0.15, 0.2) is 24.3 Å². The minimum absolute atomic E-state index is 0. The van der Waals surface area contributed by atoms with Gasteiger partial charge in [0.05, 0.1) is 11.0 Å². The third kappa shape index (κ3) is 5.06. The summed E-state index contributed by atoms with van der Waals surface area (Å²) in [7, 11) is 0. The molecular weight excluding hydrogens is 232 g/mol. The molecule has 0 aliphatic rings. The molecule has 0 heterocycles. The number of nitro benzene ring substituents is 1. The Morgan fingerprint density at radius 1 is 1.56 bits per heavy atom. The van der Waals surface area contributed by atoms with Crippen LogP contribution < -0.4 is 5.32 Å². The maximum Gasteiger partial charge on any atom is 0.269 e. The Labute approximate surface area is 100 Å². The monoisotopic (exact) mass is 246 g/mol. The zero-order valence-corrected chi connectivity index (χ0v) is 9.74. The van der Waals surface area contributed by atoms with Crippen LogP contribution in [0.25, 0.3) is 0 Å². The average molecular weight is 247 g/mol. The number of non-ortho nitro benzene ring substituents is 1. The third-order valence-electron chi connectivity index (χ3n) is 1.89. The molecule has 0 amide bonds. The predicted molar refractivity (Wildman–Crippen MR) is 63.7 cm³/mol. The van der Waals surface area contributed by atoms with Gasteiger partial charge in [0.2, 0.25) is 0 Å². The predicted octanol–water partition coefficient (Wildman–Crippen LogP) is 1.49. The molecule has 1 rings (SSSR count). The fourth-order valence-corrected chi connectivity index (χ4v) is 1.21. The molecule has 1 unspecified atom stereocenters. The first-order chi connectivity index (χ1) is 7.09. The van der Waals surface area contributed by atoms with Crippen molar-refractivity contribution < 1.29 is 10.0 Å². The van der Waals surface area contributed by atoms with Gasteiger partial charge in [0.25, 0.3) is 5.69 Å². The van der Waals surface area contributed by atoms with Crippen molar-refractivity contribution in [2.24, 2.45) is 0 Å². The van der Waals surface area contributed by atoms with Crippen molar-refractivity contribution in [1.29, 1.82) is 0 Å². The highest BCUT2D eigenvalue weighted by Crippen LogP contribution is 2.12. The van der Waals surface area contributed by atoms with E-state index in [0.29, 0.717) is 13.1 Å². The Morgan fingerprint density at radius 2 is 2.25 bits per heavy atom. The topological polar surface area (TPSA) is 75.4 Å². The first-order valence-electron chi connectivity index (χ1n) is 4.71. The van der Waals surface area contributed by atoms with E-state index in [1.807, 2.05) is 6.07 Å². The molecule has 0 radical (unpaired) electrons. The maximum atomic E-state index is 10.5. The van der Waals surface area contributed by atoms with E-state index in [9.17, 15) is 10.1 Å². The summed E-state index contributed by atoms with van der Waals surface area (Å²) >= 11 is 0. The molecule has 1 atom stereocenters. The minimum Gasteiger partial charge on any atom is -0.392 e. The van der Waals surface area contributed by atoms with Gasteiger partial charge in [-0.2, -0.15) is 0 Å². The number of nitro groups is 1. The lowest BCUT2D eigenvalue weighted by Crippen LogP contribution is -2.23. The third-order valence-corrected chi connectivity index (χ3v) is 1.89. The zero-order valence-electron chi connectivity index (χ0n) is 8.92. The van der Waals surface area contributed by atoms with Crippen LogP contribution in [-0.2, 0) is 6.54 Å². The van der Waals surface area contributed by atoms with Crippen LogP contribution in [0.5, 0.6) is 0 Å². The van der Waals surface area contributed by atoms with Crippen LogP contribution in [0.4, 0.5) is 5.69 Å². The van der Waals surface area contributed by atoms with Gasteiger partial charge in [-0.15, -0.1) is 12.4 Å². The Balaban J connectivity index is 0.00000225. The number of halogens is 1. The molecule has 5 nitrogen and oxygen atoms in total. The molecule has 0 spiro atoms.